The molecule has 0 amide bonds. The van der Waals surface area contributed by atoms with E-state index in [1.807, 2.05) is 0 Å². The second kappa shape index (κ2) is 8.13. The van der Waals surface area contributed by atoms with Crippen molar-refractivity contribution in [3.63, 3.8) is 0 Å². The molecule has 1 saturated heterocycles. The molecule has 0 aromatic rings. The molecule has 0 spiro atoms. The van der Waals surface area contributed by atoms with Crippen LogP contribution in [0.25, 0.3) is 0 Å². The lowest BCUT2D eigenvalue weighted by Gasteiger charge is -2.15. The Morgan fingerprint density at radius 2 is 2.22 bits per heavy atom. The number of thioether (sulfide) groups is 1. The average molecular weight is 272 g/mol. The van der Waals surface area contributed by atoms with Crippen molar-refractivity contribution in [3.8, 4) is 0 Å². The van der Waals surface area contributed by atoms with Crippen LogP contribution in [0.4, 0.5) is 0 Å². The van der Waals surface area contributed by atoms with Crippen LogP contribution < -0.4 is 5.32 Å². The summed E-state index contributed by atoms with van der Waals surface area (Å²) >= 11 is 1.38. The molecule has 1 N–H and O–H groups in total. The largest absolute Gasteiger partial charge is 0.374 e. The number of hydrogen-bond acceptors (Lipinski definition) is 5. The van der Waals surface area contributed by atoms with E-state index in [1.54, 1.807) is 0 Å². The van der Waals surface area contributed by atoms with Gasteiger partial charge in [0, 0.05) is 18.7 Å². The molecule has 0 bridgehead atoms. The fraction of sp³-hybridized carbons (Fsp3) is 0.750. The van der Waals surface area contributed by atoms with Gasteiger partial charge in [-0.1, -0.05) is 26.2 Å². The third-order valence-electron chi connectivity index (χ3n) is 2.77. The molecular formula is C12H20N2O3S. The summed E-state index contributed by atoms with van der Waals surface area (Å²) in [6.07, 6.45) is 5.12. The zero-order valence-corrected chi connectivity index (χ0v) is 11.6. The van der Waals surface area contributed by atoms with Crippen molar-refractivity contribution in [2.24, 2.45) is 0 Å². The molecule has 18 heavy (non-hydrogen) atoms. The summed E-state index contributed by atoms with van der Waals surface area (Å²) in [6.45, 7) is 2.80. The van der Waals surface area contributed by atoms with Crippen molar-refractivity contribution in [2.45, 2.75) is 45.4 Å². The van der Waals surface area contributed by atoms with E-state index in [-0.39, 0.29) is 17.9 Å². The lowest BCUT2D eigenvalue weighted by Crippen LogP contribution is -2.25. The molecule has 0 unspecified atom stereocenters. The van der Waals surface area contributed by atoms with E-state index in [0.29, 0.717) is 11.6 Å². The van der Waals surface area contributed by atoms with Crippen LogP contribution in [-0.4, -0.2) is 23.0 Å². The van der Waals surface area contributed by atoms with Crippen molar-refractivity contribution >= 4 is 17.5 Å². The van der Waals surface area contributed by atoms with E-state index in [9.17, 15) is 14.9 Å². The standard InChI is InChI=1S/C12H20N2O3S/c1-2-3-4-5-7-10(15)11(14(16)17)12-13-8-6-9-18-12/h13H,2-9H2,1H3/b12-11+. The van der Waals surface area contributed by atoms with Gasteiger partial charge in [0.1, 0.15) is 0 Å². The van der Waals surface area contributed by atoms with Gasteiger partial charge < -0.3 is 5.32 Å². The Hall–Kier alpha value is -1.04. The second-order valence-corrected chi connectivity index (χ2v) is 5.40. The fourth-order valence-electron chi connectivity index (χ4n) is 1.79. The molecule has 0 aromatic heterocycles. The molecule has 0 saturated carbocycles. The molecule has 0 atom stereocenters. The van der Waals surface area contributed by atoms with E-state index in [0.717, 1.165) is 37.9 Å². The summed E-state index contributed by atoms with van der Waals surface area (Å²) in [7, 11) is 0. The summed E-state index contributed by atoms with van der Waals surface area (Å²) in [5.74, 6) is 0.496. The monoisotopic (exact) mass is 272 g/mol. The third-order valence-corrected chi connectivity index (χ3v) is 3.89. The number of ketones is 1. The molecular weight excluding hydrogens is 252 g/mol. The Labute approximate surface area is 112 Å². The van der Waals surface area contributed by atoms with E-state index in [1.165, 1.54) is 11.8 Å². The first-order valence-corrected chi connectivity index (χ1v) is 7.44. The predicted molar refractivity (Wildman–Crippen MR) is 72.9 cm³/mol. The minimum atomic E-state index is -0.539. The maximum Gasteiger partial charge on any atom is 0.341 e. The summed E-state index contributed by atoms with van der Waals surface area (Å²) in [4.78, 5) is 22.4. The molecule has 1 heterocycles. The molecule has 0 aliphatic carbocycles. The first-order chi connectivity index (χ1) is 8.66. The topological polar surface area (TPSA) is 72.2 Å². The van der Waals surface area contributed by atoms with Gasteiger partial charge >= 0.3 is 5.70 Å². The van der Waals surface area contributed by atoms with Gasteiger partial charge in [0.15, 0.2) is 5.03 Å². The molecule has 0 aromatic carbocycles. The quantitative estimate of drug-likeness (QED) is 0.334. The van der Waals surface area contributed by atoms with E-state index in [4.69, 9.17) is 0 Å². The van der Waals surface area contributed by atoms with Crippen molar-refractivity contribution < 1.29 is 9.72 Å². The molecule has 102 valence electrons. The predicted octanol–water partition coefficient (Wildman–Crippen LogP) is 2.70. The van der Waals surface area contributed by atoms with Crippen LogP contribution in [0.3, 0.4) is 0 Å². The van der Waals surface area contributed by atoms with E-state index < -0.39 is 4.92 Å². The van der Waals surface area contributed by atoms with E-state index in [2.05, 4.69) is 12.2 Å². The van der Waals surface area contributed by atoms with Crippen molar-refractivity contribution in [1.29, 1.82) is 0 Å². The summed E-state index contributed by atoms with van der Waals surface area (Å²) in [5.41, 5.74) is -0.240. The molecule has 1 fully saturated rings. The maximum absolute atomic E-state index is 11.9. The van der Waals surface area contributed by atoms with Gasteiger partial charge in [-0.3, -0.25) is 14.9 Å². The number of carbonyl (C=O) groups excluding carboxylic acids is 1. The highest BCUT2D eigenvalue weighted by Gasteiger charge is 2.28. The van der Waals surface area contributed by atoms with Gasteiger partial charge in [-0.05, 0) is 12.8 Å². The minimum absolute atomic E-state index is 0.240. The summed E-state index contributed by atoms with van der Waals surface area (Å²) in [6, 6.07) is 0. The Bertz CT molecular complexity index is 334. The Balaban J connectivity index is 2.61. The van der Waals surface area contributed by atoms with Crippen LogP contribution in [0.15, 0.2) is 10.7 Å². The smallest absolute Gasteiger partial charge is 0.341 e. The average Bonchev–Trinajstić information content (AvgIpc) is 2.36. The number of allylic oxidation sites excluding steroid dienone is 1. The number of rotatable bonds is 7. The van der Waals surface area contributed by atoms with Crippen LogP contribution in [0.2, 0.25) is 0 Å². The van der Waals surface area contributed by atoms with Gasteiger partial charge in [-0.25, -0.2) is 0 Å². The molecule has 1 rings (SSSR count). The van der Waals surface area contributed by atoms with Crippen LogP contribution in [0.1, 0.15) is 45.4 Å². The Morgan fingerprint density at radius 3 is 2.78 bits per heavy atom. The Kier molecular flexibility index (Phi) is 6.78. The van der Waals surface area contributed by atoms with E-state index >= 15 is 0 Å². The number of Topliss-reactive ketones (excluding diaryl/α,β-unsaturated/α-hetero) is 1. The summed E-state index contributed by atoms with van der Waals surface area (Å²) in [5, 5.41) is 14.4. The van der Waals surface area contributed by atoms with Crippen LogP contribution >= 0.6 is 11.8 Å². The normalized spacial score (nSPS) is 18.1. The Morgan fingerprint density at radius 1 is 1.44 bits per heavy atom. The highest BCUT2D eigenvalue weighted by Crippen LogP contribution is 2.23. The maximum atomic E-state index is 11.9. The van der Waals surface area contributed by atoms with Gasteiger partial charge in [-0.2, -0.15) is 0 Å². The van der Waals surface area contributed by atoms with Gasteiger partial charge in [0.25, 0.3) is 0 Å². The number of unbranched alkanes of at least 4 members (excludes halogenated alkanes) is 3. The van der Waals surface area contributed by atoms with Gasteiger partial charge in [0.05, 0.1) is 4.92 Å². The van der Waals surface area contributed by atoms with Crippen LogP contribution in [0, 0.1) is 10.1 Å². The SMILES string of the molecule is CCCCCCC(=O)/C(=C1/NCCCS1)[N+](=O)[O-]. The molecule has 5 nitrogen and oxygen atoms in total. The first kappa shape index (κ1) is 15.0. The number of nitrogens with one attached hydrogen (secondary N) is 1. The first-order valence-electron chi connectivity index (χ1n) is 6.45. The van der Waals surface area contributed by atoms with Gasteiger partial charge in [-0.15, -0.1) is 11.8 Å². The zero-order chi connectivity index (χ0) is 13.4. The molecule has 0 radical (unpaired) electrons. The molecule has 6 heteroatoms. The van der Waals surface area contributed by atoms with Crippen LogP contribution in [-0.2, 0) is 4.79 Å². The summed E-state index contributed by atoms with van der Waals surface area (Å²) < 4.78 is 0. The second-order valence-electron chi connectivity index (χ2n) is 4.30. The number of carbonyl (C=O) groups is 1. The van der Waals surface area contributed by atoms with Crippen molar-refractivity contribution in [3.05, 3.63) is 20.8 Å². The van der Waals surface area contributed by atoms with Crippen molar-refractivity contribution in [2.75, 3.05) is 12.3 Å². The molecule has 1 aliphatic heterocycles. The lowest BCUT2D eigenvalue weighted by molar-refractivity contribution is -0.419. The lowest BCUT2D eigenvalue weighted by atomic mass is 10.1. The highest BCUT2D eigenvalue weighted by molar-refractivity contribution is 8.03. The molecule has 1 aliphatic rings. The third kappa shape index (κ3) is 4.68. The number of nitro groups is 1. The van der Waals surface area contributed by atoms with Gasteiger partial charge in [0.2, 0.25) is 5.78 Å². The number of hydrogen-bond donors (Lipinski definition) is 1. The minimum Gasteiger partial charge on any atom is -0.374 e. The highest BCUT2D eigenvalue weighted by atomic mass is 32.2. The van der Waals surface area contributed by atoms with Crippen molar-refractivity contribution in [1.82, 2.24) is 5.32 Å². The number of nitrogens with zero attached hydrogens (tertiary/aromatic N) is 1. The fourth-order valence-corrected chi connectivity index (χ4v) is 2.82. The van der Waals surface area contributed by atoms with Crippen LogP contribution in [0.5, 0.6) is 0 Å². The zero-order valence-electron chi connectivity index (χ0n) is 10.7.